The lowest BCUT2D eigenvalue weighted by molar-refractivity contribution is -0.0228. The summed E-state index contributed by atoms with van der Waals surface area (Å²) in [5.41, 5.74) is 2.32. The van der Waals surface area contributed by atoms with Gasteiger partial charge in [0, 0.05) is 12.1 Å². The number of hydrogen-bond donors (Lipinski definition) is 1. The maximum absolute atomic E-state index is 12.8. The molecular formula is C19H19NO4. The van der Waals surface area contributed by atoms with Crippen molar-refractivity contribution in [3.63, 3.8) is 0 Å². The van der Waals surface area contributed by atoms with Gasteiger partial charge in [0.25, 0.3) is 5.91 Å². The molecule has 0 bridgehead atoms. The fraction of sp³-hybridized carbons (Fsp3) is 0.263. The van der Waals surface area contributed by atoms with E-state index >= 15 is 0 Å². The van der Waals surface area contributed by atoms with E-state index in [4.69, 9.17) is 4.74 Å². The van der Waals surface area contributed by atoms with Gasteiger partial charge in [0.15, 0.2) is 0 Å². The van der Waals surface area contributed by atoms with Crippen LogP contribution in [0, 0.1) is 6.92 Å². The molecule has 1 unspecified atom stereocenters. The summed E-state index contributed by atoms with van der Waals surface area (Å²) in [6, 6.07) is 14.5. The minimum Gasteiger partial charge on any atom is -0.478 e. The Morgan fingerprint density at radius 2 is 1.83 bits per heavy atom. The van der Waals surface area contributed by atoms with E-state index in [1.165, 1.54) is 6.07 Å². The van der Waals surface area contributed by atoms with E-state index in [0.29, 0.717) is 25.3 Å². The number of aromatic carboxylic acids is 1. The third kappa shape index (κ3) is 3.46. The molecule has 2 aromatic carbocycles. The summed E-state index contributed by atoms with van der Waals surface area (Å²) in [5, 5.41) is 9.17. The van der Waals surface area contributed by atoms with Gasteiger partial charge in [0.1, 0.15) is 6.10 Å². The highest BCUT2D eigenvalue weighted by molar-refractivity contribution is 5.97. The first kappa shape index (κ1) is 16.2. The Morgan fingerprint density at radius 3 is 2.54 bits per heavy atom. The van der Waals surface area contributed by atoms with Crippen LogP contribution in [0.1, 0.15) is 37.9 Å². The molecule has 3 rings (SSSR count). The topological polar surface area (TPSA) is 66.8 Å². The largest absolute Gasteiger partial charge is 0.478 e. The van der Waals surface area contributed by atoms with Gasteiger partial charge in [-0.2, -0.15) is 0 Å². The van der Waals surface area contributed by atoms with E-state index in [2.05, 4.69) is 0 Å². The number of amides is 1. The van der Waals surface area contributed by atoms with E-state index in [9.17, 15) is 14.7 Å². The number of rotatable bonds is 3. The van der Waals surface area contributed by atoms with Gasteiger partial charge in [-0.25, -0.2) is 4.79 Å². The molecule has 1 fully saturated rings. The minimum absolute atomic E-state index is 0.131. The average molecular weight is 325 g/mol. The van der Waals surface area contributed by atoms with Crippen LogP contribution in [0.15, 0.2) is 48.5 Å². The second kappa shape index (κ2) is 6.84. The highest BCUT2D eigenvalue weighted by Crippen LogP contribution is 2.23. The number of carboxylic acid groups (broad SMARTS) is 1. The molecule has 124 valence electrons. The number of carbonyl (C=O) groups excluding carboxylic acids is 1. The Morgan fingerprint density at radius 1 is 1.12 bits per heavy atom. The molecule has 0 aliphatic carbocycles. The average Bonchev–Trinajstić information content (AvgIpc) is 2.61. The Balaban J connectivity index is 1.81. The van der Waals surface area contributed by atoms with Crippen molar-refractivity contribution < 1.29 is 19.4 Å². The van der Waals surface area contributed by atoms with E-state index in [-0.39, 0.29) is 17.6 Å². The highest BCUT2D eigenvalue weighted by atomic mass is 16.5. The first-order chi connectivity index (χ1) is 11.5. The molecule has 5 nitrogen and oxygen atoms in total. The van der Waals surface area contributed by atoms with Crippen molar-refractivity contribution in [3.8, 4) is 0 Å². The quantitative estimate of drug-likeness (QED) is 0.942. The summed E-state index contributed by atoms with van der Waals surface area (Å²) in [4.78, 5) is 25.7. The van der Waals surface area contributed by atoms with Crippen molar-refractivity contribution in [1.29, 1.82) is 0 Å². The SMILES string of the molecule is Cc1cc(C(=O)O)cc(C(=O)N2CCOC(c3ccccc3)C2)c1. The van der Waals surface area contributed by atoms with E-state index in [0.717, 1.165) is 11.1 Å². The van der Waals surface area contributed by atoms with Crippen molar-refractivity contribution in [2.75, 3.05) is 19.7 Å². The summed E-state index contributed by atoms with van der Waals surface area (Å²) in [5.74, 6) is -1.19. The Labute approximate surface area is 140 Å². The molecular weight excluding hydrogens is 306 g/mol. The molecule has 0 saturated carbocycles. The number of carbonyl (C=O) groups is 2. The second-order valence-corrected chi connectivity index (χ2v) is 5.91. The predicted molar refractivity (Wildman–Crippen MR) is 89.2 cm³/mol. The summed E-state index contributed by atoms with van der Waals surface area (Å²) in [6.07, 6.45) is -0.160. The van der Waals surface area contributed by atoms with E-state index in [1.54, 1.807) is 24.0 Å². The van der Waals surface area contributed by atoms with Crippen LogP contribution in [0.4, 0.5) is 0 Å². The van der Waals surface area contributed by atoms with Crippen LogP contribution < -0.4 is 0 Å². The van der Waals surface area contributed by atoms with Gasteiger partial charge in [-0.3, -0.25) is 4.79 Å². The van der Waals surface area contributed by atoms with Crippen molar-refractivity contribution >= 4 is 11.9 Å². The zero-order valence-electron chi connectivity index (χ0n) is 13.4. The lowest BCUT2D eigenvalue weighted by Crippen LogP contribution is -2.42. The van der Waals surface area contributed by atoms with Crippen LogP contribution in [0.5, 0.6) is 0 Å². The number of morpholine rings is 1. The third-order valence-corrected chi connectivity index (χ3v) is 4.10. The van der Waals surface area contributed by atoms with Gasteiger partial charge < -0.3 is 14.7 Å². The van der Waals surface area contributed by atoms with Gasteiger partial charge in [0.05, 0.1) is 18.7 Å². The summed E-state index contributed by atoms with van der Waals surface area (Å²) >= 11 is 0. The van der Waals surface area contributed by atoms with Crippen LogP contribution in [0.3, 0.4) is 0 Å². The first-order valence-electron chi connectivity index (χ1n) is 7.85. The smallest absolute Gasteiger partial charge is 0.335 e. The number of benzene rings is 2. The van der Waals surface area contributed by atoms with Crippen LogP contribution in [-0.4, -0.2) is 41.6 Å². The Hall–Kier alpha value is -2.66. The van der Waals surface area contributed by atoms with Crippen molar-refractivity contribution in [3.05, 3.63) is 70.8 Å². The number of ether oxygens (including phenoxy) is 1. The standard InChI is InChI=1S/C19H19NO4/c1-13-9-15(11-16(10-13)19(22)23)18(21)20-7-8-24-17(12-20)14-5-3-2-4-6-14/h2-6,9-11,17H,7-8,12H2,1H3,(H,22,23). The highest BCUT2D eigenvalue weighted by Gasteiger charge is 2.26. The molecule has 1 amide bonds. The van der Waals surface area contributed by atoms with Gasteiger partial charge in [0.2, 0.25) is 0 Å². The number of hydrogen-bond acceptors (Lipinski definition) is 3. The summed E-state index contributed by atoms with van der Waals surface area (Å²) in [6.45, 7) is 3.20. The van der Waals surface area contributed by atoms with Crippen molar-refractivity contribution in [2.24, 2.45) is 0 Å². The molecule has 1 atom stereocenters. The molecule has 2 aromatic rings. The number of aryl methyl sites for hydroxylation is 1. The Kier molecular flexibility index (Phi) is 4.62. The van der Waals surface area contributed by atoms with Gasteiger partial charge >= 0.3 is 5.97 Å². The van der Waals surface area contributed by atoms with Gasteiger partial charge in [-0.1, -0.05) is 30.3 Å². The molecule has 1 saturated heterocycles. The van der Waals surface area contributed by atoms with Crippen LogP contribution >= 0.6 is 0 Å². The van der Waals surface area contributed by atoms with Crippen LogP contribution in [-0.2, 0) is 4.74 Å². The maximum atomic E-state index is 12.8. The monoisotopic (exact) mass is 325 g/mol. The van der Waals surface area contributed by atoms with E-state index in [1.807, 2.05) is 30.3 Å². The van der Waals surface area contributed by atoms with Gasteiger partial charge in [-0.05, 0) is 36.2 Å². The van der Waals surface area contributed by atoms with E-state index < -0.39 is 5.97 Å². The van der Waals surface area contributed by atoms with Crippen LogP contribution in [0.2, 0.25) is 0 Å². The molecule has 0 radical (unpaired) electrons. The van der Waals surface area contributed by atoms with Gasteiger partial charge in [-0.15, -0.1) is 0 Å². The second-order valence-electron chi connectivity index (χ2n) is 5.91. The lowest BCUT2D eigenvalue weighted by atomic mass is 10.0. The number of carboxylic acids is 1. The minimum atomic E-state index is -1.03. The fourth-order valence-corrected chi connectivity index (χ4v) is 2.92. The molecule has 0 aromatic heterocycles. The molecule has 1 heterocycles. The summed E-state index contributed by atoms with van der Waals surface area (Å²) in [7, 11) is 0. The van der Waals surface area contributed by atoms with Crippen molar-refractivity contribution in [2.45, 2.75) is 13.0 Å². The zero-order chi connectivity index (χ0) is 17.1. The van der Waals surface area contributed by atoms with Crippen LogP contribution in [0.25, 0.3) is 0 Å². The predicted octanol–water partition coefficient (Wildman–Crippen LogP) is 2.91. The molecule has 24 heavy (non-hydrogen) atoms. The molecule has 0 spiro atoms. The molecule has 1 N–H and O–H groups in total. The molecule has 1 aliphatic heterocycles. The first-order valence-corrected chi connectivity index (χ1v) is 7.85. The number of nitrogens with zero attached hydrogens (tertiary/aromatic N) is 1. The fourth-order valence-electron chi connectivity index (χ4n) is 2.92. The zero-order valence-corrected chi connectivity index (χ0v) is 13.4. The maximum Gasteiger partial charge on any atom is 0.335 e. The normalized spacial score (nSPS) is 17.5. The Bertz CT molecular complexity index is 757. The molecule has 5 heteroatoms. The summed E-state index contributed by atoms with van der Waals surface area (Å²) < 4.78 is 5.78. The third-order valence-electron chi connectivity index (χ3n) is 4.10. The van der Waals surface area contributed by atoms with Crippen molar-refractivity contribution in [1.82, 2.24) is 4.90 Å². The molecule has 1 aliphatic rings. The lowest BCUT2D eigenvalue weighted by Gasteiger charge is -2.33.